The summed E-state index contributed by atoms with van der Waals surface area (Å²) in [6.45, 7) is 3.93. The summed E-state index contributed by atoms with van der Waals surface area (Å²) in [6.07, 6.45) is 6.99. The number of pyridine rings is 2. The predicted molar refractivity (Wildman–Crippen MR) is 125 cm³/mol. The zero-order valence-corrected chi connectivity index (χ0v) is 19.2. The molecule has 3 aliphatic rings. The van der Waals surface area contributed by atoms with Gasteiger partial charge in [0.15, 0.2) is 0 Å². The number of fused-ring (bicyclic) bond motifs is 3. The molecular formula is C25H28N4O5. The van der Waals surface area contributed by atoms with Crippen LogP contribution in [0.1, 0.15) is 24.1 Å². The molecule has 1 N–H and O–H groups in total. The zero-order valence-electron chi connectivity index (χ0n) is 19.2. The van der Waals surface area contributed by atoms with Crippen molar-refractivity contribution in [2.45, 2.75) is 24.9 Å². The van der Waals surface area contributed by atoms with Crippen molar-refractivity contribution in [1.82, 2.24) is 14.5 Å². The lowest BCUT2D eigenvalue weighted by molar-refractivity contribution is -0.105. The van der Waals surface area contributed by atoms with Crippen LogP contribution in [-0.2, 0) is 38.1 Å². The standard InChI is InChI=1S/C25H28N4O5/c1-29-11-19(18-8-23(27-15-30)26-10-21(18)29)20-9-22(33-13-16-2-5-31-12-16)17-3-6-34-25(24(17)28-20)4-7-32-14-25/h8-11,15-16H,2-7,12-14H2,1H3,(H,26,27,30). The lowest BCUT2D eigenvalue weighted by atomic mass is 9.89. The van der Waals surface area contributed by atoms with E-state index in [9.17, 15) is 4.79 Å². The van der Waals surface area contributed by atoms with Crippen LogP contribution < -0.4 is 10.1 Å². The van der Waals surface area contributed by atoms with Crippen molar-refractivity contribution in [2.75, 3.05) is 45.0 Å². The SMILES string of the molecule is Cn1cc(-c2cc(OCC3CCOC3)c3c(n2)C2(CCOC2)OCC3)c2cc(NC=O)ncc21. The fourth-order valence-corrected chi connectivity index (χ4v) is 5.24. The molecule has 0 aliphatic carbocycles. The highest BCUT2D eigenvalue weighted by atomic mass is 16.6. The van der Waals surface area contributed by atoms with Crippen molar-refractivity contribution in [3.05, 3.63) is 35.8 Å². The third-order valence-corrected chi connectivity index (χ3v) is 7.09. The van der Waals surface area contributed by atoms with Crippen molar-refractivity contribution in [1.29, 1.82) is 0 Å². The number of nitrogens with zero attached hydrogens (tertiary/aromatic N) is 3. The molecule has 9 heteroatoms. The molecule has 6 rings (SSSR count). The minimum atomic E-state index is -0.533. The Bertz CT molecular complexity index is 1230. The van der Waals surface area contributed by atoms with Gasteiger partial charge in [-0.15, -0.1) is 0 Å². The molecule has 2 fully saturated rings. The van der Waals surface area contributed by atoms with Crippen molar-refractivity contribution < 1.29 is 23.7 Å². The summed E-state index contributed by atoms with van der Waals surface area (Å²) in [4.78, 5) is 20.5. The summed E-state index contributed by atoms with van der Waals surface area (Å²) in [5.74, 6) is 1.75. The van der Waals surface area contributed by atoms with Gasteiger partial charge >= 0.3 is 0 Å². The smallest absolute Gasteiger partial charge is 0.212 e. The van der Waals surface area contributed by atoms with E-state index >= 15 is 0 Å². The highest BCUT2D eigenvalue weighted by molar-refractivity contribution is 5.97. The van der Waals surface area contributed by atoms with Crippen LogP contribution in [0.15, 0.2) is 24.5 Å². The summed E-state index contributed by atoms with van der Waals surface area (Å²) in [5.41, 5.74) is 4.21. The van der Waals surface area contributed by atoms with Gasteiger partial charge in [0.05, 0.1) is 49.5 Å². The molecule has 3 aromatic rings. The van der Waals surface area contributed by atoms with E-state index in [1.807, 2.05) is 29.9 Å². The second kappa shape index (κ2) is 8.65. The van der Waals surface area contributed by atoms with Crippen LogP contribution in [0.5, 0.6) is 5.75 Å². The number of anilines is 1. The quantitative estimate of drug-likeness (QED) is 0.561. The first-order chi connectivity index (χ1) is 16.7. The average molecular weight is 465 g/mol. The van der Waals surface area contributed by atoms with Gasteiger partial charge < -0.3 is 28.8 Å². The van der Waals surface area contributed by atoms with Gasteiger partial charge in [-0.1, -0.05) is 0 Å². The Labute approximate surface area is 197 Å². The zero-order chi connectivity index (χ0) is 23.1. The Morgan fingerprint density at radius 3 is 3.03 bits per heavy atom. The second-order valence-electron chi connectivity index (χ2n) is 9.27. The van der Waals surface area contributed by atoms with Crippen LogP contribution in [0.4, 0.5) is 5.82 Å². The average Bonchev–Trinajstić information content (AvgIpc) is 3.60. The van der Waals surface area contributed by atoms with Gasteiger partial charge in [0, 0.05) is 67.8 Å². The third-order valence-electron chi connectivity index (χ3n) is 7.09. The van der Waals surface area contributed by atoms with Gasteiger partial charge in [-0.2, -0.15) is 0 Å². The molecule has 2 unspecified atom stereocenters. The second-order valence-corrected chi connectivity index (χ2v) is 9.27. The van der Waals surface area contributed by atoms with E-state index in [0.717, 1.165) is 71.6 Å². The molecule has 2 atom stereocenters. The first-order valence-electron chi connectivity index (χ1n) is 11.8. The van der Waals surface area contributed by atoms with E-state index in [4.69, 9.17) is 23.9 Å². The molecule has 0 radical (unpaired) electrons. The molecule has 0 bridgehead atoms. The lowest BCUT2D eigenvalue weighted by Crippen LogP contribution is -2.37. The summed E-state index contributed by atoms with van der Waals surface area (Å²) in [7, 11) is 1.98. The van der Waals surface area contributed by atoms with Gasteiger partial charge in [-0.05, 0) is 12.5 Å². The first kappa shape index (κ1) is 21.5. The number of aromatic nitrogens is 3. The van der Waals surface area contributed by atoms with Crippen molar-refractivity contribution >= 4 is 23.1 Å². The molecule has 6 heterocycles. The van der Waals surface area contributed by atoms with Crippen LogP contribution in [0.3, 0.4) is 0 Å². The topological polar surface area (TPSA) is 96.7 Å². The van der Waals surface area contributed by atoms with E-state index in [0.29, 0.717) is 44.6 Å². The number of hydrogen-bond acceptors (Lipinski definition) is 7. The summed E-state index contributed by atoms with van der Waals surface area (Å²) >= 11 is 0. The maximum Gasteiger partial charge on any atom is 0.212 e. The minimum absolute atomic E-state index is 0.400. The molecule has 0 aromatic carbocycles. The van der Waals surface area contributed by atoms with E-state index in [2.05, 4.69) is 10.3 Å². The van der Waals surface area contributed by atoms with Gasteiger partial charge in [0.1, 0.15) is 17.2 Å². The molecule has 1 spiro atoms. The van der Waals surface area contributed by atoms with E-state index < -0.39 is 5.60 Å². The summed E-state index contributed by atoms with van der Waals surface area (Å²) in [5, 5.41) is 3.60. The largest absolute Gasteiger partial charge is 0.493 e. The summed E-state index contributed by atoms with van der Waals surface area (Å²) < 4.78 is 26.1. The van der Waals surface area contributed by atoms with Crippen LogP contribution in [0, 0.1) is 5.92 Å². The molecule has 0 saturated carbocycles. The van der Waals surface area contributed by atoms with E-state index in [1.54, 1.807) is 6.20 Å². The highest BCUT2D eigenvalue weighted by Crippen LogP contribution is 2.44. The molecule has 178 valence electrons. The monoisotopic (exact) mass is 464 g/mol. The Balaban J connectivity index is 1.49. The Hall–Kier alpha value is -3.01. The van der Waals surface area contributed by atoms with E-state index in [1.165, 1.54) is 0 Å². The summed E-state index contributed by atoms with van der Waals surface area (Å²) in [6, 6.07) is 3.92. The van der Waals surface area contributed by atoms with Crippen LogP contribution in [-0.4, -0.2) is 60.6 Å². The number of carbonyl (C=O) groups excluding carboxylic acids is 1. The maximum atomic E-state index is 11.0. The van der Waals surface area contributed by atoms with Gasteiger partial charge in [0.25, 0.3) is 0 Å². The number of carbonyl (C=O) groups is 1. The van der Waals surface area contributed by atoms with Gasteiger partial charge in [-0.25, -0.2) is 9.97 Å². The van der Waals surface area contributed by atoms with Gasteiger partial charge in [0.2, 0.25) is 6.41 Å². The number of aryl methyl sites for hydroxylation is 1. The molecular weight excluding hydrogens is 436 g/mol. The molecule has 2 saturated heterocycles. The maximum absolute atomic E-state index is 11.0. The number of hydrogen-bond donors (Lipinski definition) is 1. The number of amides is 1. The van der Waals surface area contributed by atoms with Crippen LogP contribution in [0.25, 0.3) is 22.2 Å². The molecule has 1 amide bonds. The lowest BCUT2D eigenvalue weighted by Gasteiger charge is -2.34. The Morgan fingerprint density at radius 2 is 2.24 bits per heavy atom. The normalized spacial score (nSPS) is 24.0. The molecule has 3 aromatic heterocycles. The number of nitrogens with one attached hydrogen (secondary N) is 1. The van der Waals surface area contributed by atoms with E-state index in [-0.39, 0.29) is 0 Å². The Morgan fingerprint density at radius 1 is 1.29 bits per heavy atom. The van der Waals surface area contributed by atoms with Crippen molar-refractivity contribution in [3.63, 3.8) is 0 Å². The molecule has 3 aliphatic heterocycles. The fourth-order valence-electron chi connectivity index (χ4n) is 5.24. The van der Waals surface area contributed by atoms with Gasteiger partial charge in [-0.3, -0.25) is 4.79 Å². The van der Waals surface area contributed by atoms with Crippen LogP contribution >= 0.6 is 0 Å². The van der Waals surface area contributed by atoms with Crippen molar-refractivity contribution in [2.24, 2.45) is 13.0 Å². The predicted octanol–water partition coefficient (Wildman–Crippen LogP) is 2.81. The first-order valence-corrected chi connectivity index (χ1v) is 11.8. The number of rotatable bonds is 6. The molecule has 9 nitrogen and oxygen atoms in total. The third kappa shape index (κ3) is 3.64. The molecule has 34 heavy (non-hydrogen) atoms. The number of ether oxygens (including phenoxy) is 4. The van der Waals surface area contributed by atoms with Crippen LogP contribution in [0.2, 0.25) is 0 Å². The highest BCUT2D eigenvalue weighted by Gasteiger charge is 2.44. The van der Waals surface area contributed by atoms with Crippen molar-refractivity contribution in [3.8, 4) is 17.0 Å². The fraction of sp³-hybridized carbons (Fsp3) is 0.480. The minimum Gasteiger partial charge on any atom is -0.493 e. The Kier molecular flexibility index (Phi) is 5.47.